The van der Waals surface area contributed by atoms with E-state index in [-0.39, 0.29) is 26.8 Å². The zero-order valence-electron chi connectivity index (χ0n) is 6.13. The van der Waals surface area contributed by atoms with Gasteiger partial charge in [0.25, 0.3) is 0 Å². The first-order valence-electron chi connectivity index (χ1n) is 2.88. The van der Waals surface area contributed by atoms with Crippen molar-refractivity contribution < 1.29 is 30.9 Å². The van der Waals surface area contributed by atoms with Crippen molar-refractivity contribution in [2.45, 2.75) is 6.92 Å². The fourth-order valence-electron chi connectivity index (χ4n) is 0.686. The molecule has 0 spiro atoms. The summed E-state index contributed by atoms with van der Waals surface area (Å²) < 4.78 is 4.66. The molecule has 0 radical (unpaired) electrons. The van der Waals surface area contributed by atoms with E-state index in [9.17, 15) is 0 Å². The van der Waals surface area contributed by atoms with Crippen molar-refractivity contribution in [2.24, 2.45) is 0 Å². The normalized spacial score (nSPS) is 8.55. The minimum atomic E-state index is 0. The molecule has 0 amide bonds. The number of aryl methyl sites for hydroxylation is 1. The second-order valence-electron chi connectivity index (χ2n) is 2.00. The predicted octanol–water partition coefficient (Wildman–Crippen LogP) is 1.67. The van der Waals surface area contributed by atoms with Crippen LogP contribution in [0.5, 0.6) is 11.5 Å². The Hall–Kier alpha value is -0.492. The molecule has 0 heterocycles. The summed E-state index contributed by atoms with van der Waals surface area (Å²) in [5.41, 5.74) is 0.910. The van der Waals surface area contributed by atoms with E-state index in [2.05, 4.69) is 17.9 Å². The predicted molar refractivity (Wildman–Crippen MR) is 37.7 cm³/mol. The summed E-state index contributed by atoms with van der Waals surface area (Å²) in [6.45, 7) is 1.86. The van der Waals surface area contributed by atoms with Gasteiger partial charge in [-0.2, -0.15) is 13.2 Å². The van der Waals surface area contributed by atoms with Crippen LogP contribution in [0.2, 0.25) is 0 Å². The molecule has 0 aliphatic heterocycles. The standard InChI is InChI=1S/C8H8O2.W/c1-6-3-4-7(9)5-8(6)10-2;/h3-4,9H,2H2,1H3;/q-2;+2. The summed E-state index contributed by atoms with van der Waals surface area (Å²) in [5.74, 6) is 0.559. The second-order valence-corrected chi connectivity index (χ2v) is 2.00. The zero-order valence-corrected chi connectivity index (χ0v) is 9.06. The van der Waals surface area contributed by atoms with Crippen LogP contribution in [0.25, 0.3) is 0 Å². The molecule has 0 fully saturated rings. The minimum absolute atomic E-state index is 0. The van der Waals surface area contributed by atoms with Crippen molar-refractivity contribution in [3.05, 3.63) is 30.9 Å². The first kappa shape index (κ1) is 10.5. The Kier molecular flexibility index (Phi) is 4.20. The smallest absolute Gasteiger partial charge is 0.683 e. The SMILES string of the molecule is [CH2-]Oc1[c-]c(O)ccc1C.[W+2]. The van der Waals surface area contributed by atoms with Gasteiger partial charge in [-0.1, -0.05) is 13.0 Å². The van der Waals surface area contributed by atoms with Crippen molar-refractivity contribution in [2.75, 3.05) is 0 Å². The van der Waals surface area contributed by atoms with Crippen LogP contribution in [0.1, 0.15) is 5.56 Å². The second kappa shape index (κ2) is 4.40. The number of rotatable bonds is 1. The monoisotopic (exact) mass is 320 g/mol. The first-order valence-corrected chi connectivity index (χ1v) is 2.88. The van der Waals surface area contributed by atoms with Crippen LogP contribution in [-0.2, 0) is 21.1 Å². The molecule has 0 unspecified atom stereocenters. The molecule has 0 saturated carbocycles. The summed E-state index contributed by atoms with van der Waals surface area (Å²) in [5, 5.41) is 8.91. The van der Waals surface area contributed by atoms with Gasteiger partial charge >= 0.3 is 21.1 Å². The Balaban J connectivity index is 0.000001000. The molecule has 58 valence electrons. The molecule has 1 rings (SSSR count). The average Bonchev–Trinajstić information content (AvgIpc) is 1.94. The van der Waals surface area contributed by atoms with Gasteiger partial charge in [-0.15, -0.1) is 11.6 Å². The third-order valence-electron chi connectivity index (χ3n) is 1.24. The molecular formula is C8H8O2W. The summed E-state index contributed by atoms with van der Waals surface area (Å²) in [6.07, 6.45) is 0. The van der Waals surface area contributed by atoms with Gasteiger partial charge < -0.3 is 9.84 Å². The molecule has 0 aliphatic rings. The van der Waals surface area contributed by atoms with Gasteiger partial charge in [0.2, 0.25) is 0 Å². The fraction of sp³-hybridized carbons (Fsp3) is 0.125. The Morgan fingerprint density at radius 1 is 1.55 bits per heavy atom. The zero-order chi connectivity index (χ0) is 7.56. The number of phenolic OH excluding ortho intramolecular Hbond substituents is 1. The number of hydrogen-bond donors (Lipinski definition) is 1. The maximum absolute atomic E-state index is 8.91. The van der Waals surface area contributed by atoms with E-state index in [1.165, 1.54) is 0 Å². The van der Waals surface area contributed by atoms with Gasteiger partial charge in [-0.25, -0.2) is 0 Å². The van der Waals surface area contributed by atoms with Crippen molar-refractivity contribution >= 4 is 0 Å². The van der Waals surface area contributed by atoms with E-state index < -0.39 is 0 Å². The Bertz CT molecular complexity index is 236. The molecule has 0 aromatic heterocycles. The molecular weight excluding hydrogens is 312 g/mol. The minimum Gasteiger partial charge on any atom is -0.683 e. The molecule has 1 aromatic carbocycles. The quantitative estimate of drug-likeness (QED) is 0.798. The average molecular weight is 320 g/mol. The van der Waals surface area contributed by atoms with Crippen molar-refractivity contribution in [1.82, 2.24) is 0 Å². The molecule has 11 heavy (non-hydrogen) atoms. The molecule has 1 aromatic rings. The number of ether oxygens (including phenoxy) is 1. The summed E-state index contributed by atoms with van der Waals surface area (Å²) in [4.78, 5) is 0. The van der Waals surface area contributed by atoms with Crippen LogP contribution < -0.4 is 4.74 Å². The molecule has 0 bridgehead atoms. The molecule has 3 heteroatoms. The van der Waals surface area contributed by atoms with E-state index in [0.29, 0.717) is 5.75 Å². The molecule has 0 saturated heterocycles. The largest absolute Gasteiger partial charge is 2.00 e. The number of hydrogen-bond acceptors (Lipinski definition) is 2. The van der Waals surface area contributed by atoms with Gasteiger partial charge in [-0.3, -0.25) is 0 Å². The topological polar surface area (TPSA) is 29.5 Å². The van der Waals surface area contributed by atoms with Crippen LogP contribution in [-0.4, -0.2) is 5.11 Å². The van der Waals surface area contributed by atoms with Gasteiger partial charge in [0, 0.05) is 5.75 Å². The Morgan fingerprint density at radius 3 is 2.64 bits per heavy atom. The molecule has 0 aliphatic carbocycles. The molecule has 1 N–H and O–H groups in total. The van der Waals surface area contributed by atoms with Gasteiger partial charge in [0.1, 0.15) is 0 Å². The van der Waals surface area contributed by atoms with Crippen molar-refractivity contribution in [3.63, 3.8) is 0 Å². The van der Waals surface area contributed by atoms with Crippen LogP contribution >= 0.6 is 0 Å². The molecule has 0 atom stereocenters. The molecule has 2 nitrogen and oxygen atoms in total. The first-order chi connectivity index (χ1) is 4.74. The van der Waals surface area contributed by atoms with Crippen LogP contribution in [0.15, 0.2) is 12.1 Å². The number of phenols is 1. The number of benzene rings is 1. The van der Waals surface area contributed by atoms with Crippen LogP contribution in [0.3, 0.4) is 0 Å². The van der Waals surface area contributed by atoms with E-state index in [4.69, 9.17) is 5.11 Å². The third-order valence-corrected chi connectivity index (χ3v) is 1.24. The summed E-state index contributed by atoms with van der Waals surface area (Å²) in [6, 6.07) is 5.89. The maximum Gasteiger partial charge on any atom is 2.00 e. The maximum atomic E-state index is 8.91. The fourth-order valence-corrected chi connectivity index (χ4v) is 0.686. The Morgan fingerprint density at radius 2 is 2.18 bits per heavy atom. The van der Waals surface area contributed by atoms with Gasteiger partial charge in [0.05, 0.1) is 0 Å². The van der Waals surface area contributed by atoms with E-state index in [1.807, 2.05) is 6.92 Å². The van der Waals surface area contributed by atoms with E-state index in [1.54, 1.807) is 12.1 Å². The van der Waals surface area contributed by atoms with Crippen molar-refractivity contribution in [3.8, 4) is 11.5 Å². The van der Waals surface area contributed by atoms with E-state index in [0.717, 1.165) is 5.56 Å². The number of aromatic hydroxyl groups is 1. The van der Waals surface area contributed by atoms with Gasteiger partial charge in [-0.05, 0) is 5.75 Å². The van der Waals surface area contributed by atoms with Crippen LogP contribution in [0, 0.1) is 20.1 Å². The van der Waals surface area contributed by atoms with Gasteiger partial charge in [0.15, 0.2) is 0 Å². The van der Waals surface area contributed by atoms with Crippen molar-refractivity contribution in [1.29, 1.82) is 0 Å². The third kappa shape index (κ3) is 2.55. The Labute approximate surface area is 80.5 Å². The van der Waals surface area contributed by atoms with Crippen LogP contribution in [0.4, 0.5) is 0 Å². The summed E-state index contributed by atoms with van der Waals surface area (Å²) in [7, 11) is 3.22. The summed E-state index contributed by atoms with van der Waals surface area (Å²) >= 11 is 0. The van der Waals surface area contributed by atoms with E-state index >= 15 is 0 Å².